The van der Waals surface area contributed by atoms with Crippen molar-refractivity contribution in [1.82, 2.24) is 19.3 Å². The summed E-state index contributed by atoms with van der Waals surface area (Å²) in [5, 5.41) is 4.22. The van der Waals surface area contributed by atoms with E-state index in [1.165, 1.54) is 4.57 Å². The molecular weight excluding hydrogens is 396 g/mol. The molecule has 31 heavy (non-hydrogen) atoms. The molecule has 0 unspecified atom stereocenters. The molecule has 0 radical (unpaired) electrons. The molecule has 0 aliphatic carbocycles. The average Bonchev–Trinajstić information content (AvgIpc) is 3.27. The zero-order chi connectivity index (χ0) is 22.1. The molecule has 0 saturated carbocycles. The third-order valence-electron chi connectivity index (χ3n) is 5.14. The lowest BCUT2D eigenvalue weighted by atomic mass is 10.1. The number of benzene rings is 1. The number of nitrogen functional groups attached to an aromatic ring is 1. The first-order valence-corrected chi connectivity index (χ1v) is 10.5. The van der Waals surface area contributed by atoms with Crippen molar-refractivity contribution in [2.45, 2.75) is 38.9 Å². The van der Waals surface area contributed by atoms with Crippen LogP contribution in [-0.4, -0.2) is 39.6 Å². The summed E-state index contributed by atoms with van der Waals surface area (Å²) >= 11 is 0. The summed E-state index contributed by atoms with van der Waals surface area (Å²) in [6, 6.07) is 11.8. The summed E-state index contributed by atoms with van der Waals surface area (Å²) in [4.78, 5) is 29.4. The fourth-order valence-corrected chi connectivity index (χ4v) is 3.55. The number of hydrogen-bond acceptors (Lipinski definition) is 6. The number of methoxy groups -OCH3 is 1. The Morgan fingerprint density at radius 3 is 2.61 bits per heavy atom. The largest absolute Gasteiger partial charge is 0.383 e. The quantitative estimate of drug-likeness (QED) is 0.428. The Morgan fingerprint density at radius 1 is 1.10 bits per heavy atom. The van der Waals surface area contributed by atoms with Crippen molar-refractivity contribution in [2.75, 3.05) is 30.9 Å². The normalized spacial score (nSPS) is 11.0. The number of H-pyrrole nitrogens is 1. The second-order valence-electron chi connectivity index (χ2n) is 7.37. The van der Waals surface area contributed by atoms with Crippen LogP contribution in [0.5, 0.6) is 0 Å². The standard InChI is InChI=1S/C22H30N6O3/c1-31-16-15-28-20(23)19(21(29)25-22(28)30)26(17-18-9-4-2-5-10-18)12-6-3-7-13-27-14-8-11-24-27/h2,4-5,8-11,14H,3,6-7,12-13,15-17,23H2,1H3,(H,25,29,30). The molecule has 2 aromatic heterocycles. The Bertz CT molecular complexity index is 1040. The Labute approximate surface area is 181 Å². The first-order valence-electron chi connectivity index (χ1n) is 10.5. The molecule has 0 amide bonds. The number of ether oxygens (including phenoxy) is 1. The molecule has 3 aromatic rings. The smallest absolute Gasteiger partial charge is 0.330 e. The fraction of sp³-hybridized carbons (Fsp3) is 0.409. The molecule has 0 spiro atoms. The first-order chi connectivity index (χ1) is 15.1. The molecule has 0 atom stereocenters. The van der Waals surface area contributed by atoms with E-state index in [2.05, 4.69) is 10.1 Å². The second kappa shape index (κ2) is 11.2. The monoisotopic (exact) mass is 426 g/mol. The van der Waals surface area contributed by atoms with E-state index in [-0.39, 0.29) is 12.4 Å². The van der Waals surface area contributed by atoms with E-state index in [4.69, 9.17) is 10.5 Å². The van der Waals surface area contributed by atoms with Gasteiger partial charge < -0.3 is 15.4 Å². The number of anilines is 2. The van der Waals surface area contributed by atoms with Crippen LogP contribution >= 0.6 is 0 Å². The van der Waals surface area contributed by atoms with Crippen molar-refractivity contribution < 1.29 is 4.74 Å². The van der Waals surface area contributed by atoms with Crippen molar-refractivity contribution in [2.24, 2.45) is 0 Å². The number of hydrogen-bond donors (Lipinski definition) is 2. The number of aryl methyl sites for hydroxylation is 1. The maximum atomic E-state index is 12.7. The van der Waals surface area contributed by atoms with Crippen LogP contribution in [0.3, 0.4) is 0 Å². The molecule has 0 fully saturated rings. The molecule has 166 valence electrons. The lowest BCUT2D eigenvalue weighted by molar-refractivity contribution is 0.186. The predicted octanol–water partition coefficient (Wildman–Crippen LogP) is 1.84. The van der Waals surface area contributed by atoms with E-state index in [0.29, 0.717) is 25.4 Å². The molecule has 1 aromatic carbocycles. The molecule has 3 rings (SSSR count). The topological polar surface area (TPSA) is 111 Å². The molecule has 0 aliphatic heterocycles. The van der Waals surface area contributed by atoms with Crippen LogP contribution in [0.1, 0.15) is 24.8 Å². The highest BCUT2D eigenvalue weighted by atomic mass is 16.5. The minimum Gasteiger partial charge on any atom is -0.383 e. The number of nitrogens with two attached hydrogens (primary N) is 1. The molecule has 2 heterocycles. The first kappa shape index (κ1) is 22.4. The molecule has 0 aliphatic rings. The van der Waals surface area contributed by atoms with Crippen LogP contribution in [0, 0.1) is 0 Å². The number of rotatable bonds is 12. The minimum absolute atomic E-state index is 0.165. The number of aromatic amines is 1. The summed E-state index contributed by atoms with van der Waals surface area (Å²) in [6.45, 7) is 2.62. The summed E-state index contributed by atoms with van der Waals surface area (Å²) in [5.41, 5.74) is 6.70. The molecule has 0 bridgehead atoms. The zero-order valence-electron chi connectivity index (χ0n) is 17.9. The number of aromatic nitrogens is 4. The van der Waals surface area contributed by atoms with Gasteiger partial charge in [-0.2, -0.15) is 5.10 Å². The molecule has 9 nitrogen and oxygen atoms in total. The summed E-state index contributed by atoms with van der Waals surface area (Å²) in [7, 11) is 1.55. The van der Waals surface area contributed by atoms with Gasteiger partial charge >= 0.3 is 5.69 Å². The summed E-state index contributed by atoms with van der Waals surface area (Å²) < 4.78 is 8.35. The van der Waals surface area contributed by atoms with Crippen LogP contribution in [-0.2, 0) is 24.4 Å². The molecule has 3 N–H and O–H groups in total. The van der Waals surface area contributed by atoms with Gasteiger partial charge in [0, 0.05) is 39.1 Å². The zero-order valence-corrected chi connectivity index (χ0v) is 17.9. The van der Waals surface area contributed by atoms with Gasteiger partial charge in [0.15, 0.2) is 0 Å². The van der Waals surface area contributed by atoms with E-state index in [9.17, 15) is 9.59 Å². The summed E-state index contributed by atoms with van der Waals surface area (Å²) in [6.07, 6.45) is 6.57. The highest BCUT2D eigenvalue weighted by Gasteiger charge is 2.19. The maximum Gasteiger partial charge on any atom is 0.330 e. The van der Waals surface area contributed by atoms with Gasteiger partial charge in [0.25, 0.3) is 5.56 Å². The van der Waals surface area contributed by atoms with Gasteiger partial charge in [-0.3, -0.25) is 19.0 Å². The van der Waals surface area contributed by atoms with Crippen molar-refractivity contribution in [1.29, 1.82) is 0 Å². The Hall–Kier alpha value is -3.33. The van der Waals surface area contributed by atoms with Gasteiger partial charge in [0.05, 0.1) is 13.2 Å². The number of nitrogens with zero attached hydrogens (tertiary/aromatic N) is 4. The van der Waals surface area contributed by atoms with Gasteiger partial charge in [-0.25, -0.2) is 4.79 Å². The second-order valence-corrected chi connectivity index (χ2v) is 7.37. The average molecular weight is 427 g/mol. The number of unbranched alkanes of at least 4 members (excludes halogenated alkanes) is 2. The minimum atomic E-state index is -0.526. The predicted molar refractivity (Wildman–Crippen MR) is 121 cm³/mol. The Kier molecular flexibility index (Phi) is 8.05. The molecular formula is C22H30N6O3. The number of nitrogens with one attached hydrogen (secondary N) is 1. The van der Waals surface area contributed by atoms with Gasteiger partial charge in [-0.15, -0.1) is 0 Å². The highest BCUT2D eigenvalue weighted by Crippen LogP contribution is 2.20. The van der Waals surface area contributed by atoms with E-state index in [1.807, 2.05) is 52.2 Å². The lowest BCUT2D eigenvalue weighted by Crippen LogP contribution is -2.39. The van der Waals surface area contributed by atoms with E-state index < -0.39 is 11.2 Å². The van der Waals surface area contributed by atoms with Crippen LogP contribution in [0.15, 0.2) is 58.4 Å². The van der Waals surface area contributed by atoms with E-state index >= 15 is 0 Å². The Morgan fingerprint density at radius 2 is 1.90 bits per heavy atom. The van der Waals surface area contributed by atoms with Gasteiger partial charge in [-0.05, 0) is 30.9 Å². The van der Waals surface area contributed by atoms with Crippen LogP contribution in [0.25, 0.3) is 0 Å². The van der Waals surface area contributed by atoms with Crippen molar-refractivity contribution >= 4 is 11.5 Å². The summed E-state index contributed by atoms with van der Waals surface area (Å²) in [5.74, 6) is 0.165. The van der Waals surface area contributed by atoms with Crippen molar-refractivity contribution in [3.8, 4) is 0 Å². The lowest BCUT2D eigenvalue weighted by Gasteiger charge is -2.26. The van der Waals surface area contributed by atoms with Crippen LogP contribution < -0.4 is 21.9 Å². The molecule has 0 saturated heterocycles. The SMILES string of the molecule is COCCn1c(N)c(N(CCCCCn2cccn2)Cc2ccccc2)c(=O)[nH]c1=O. The van der Waals surface area contributed by atoms with Gasteiger partial charge in [0.2, 0.25) is 0 Å². The van der Waals surface area contributed by atoms with Crippen LogP contribution in [0.4, 0.5) is 11.5 Å². The van der Waals surface area contributed by atoms with Gasteiger partial charge in [0.1, 0.15) is 11.5 Å². The third kappa shape index (κ3) is 6.08. The highest BCUT2D eigenvalue weighted by molar-refractivity contribution is 5.62. The fourth-order valence-electron chi connectivity index (χ4n) is 3.55. The third-order valence-corrected chi connectivity index (χ3v) is 5.14. The van der Waals surface area contributed by atoms with Crippen molar-refractivity contribution in [3.05, 3.63) is 75.2 Å². The van der Waals surface area contributed by atoms with E-state index in [0.717, 1.165) is 31.4 Å². The Balaban J connectivity index is 1.78. The van der Waals surface area contributed by atoms with E-state index in [1.54, 1.807) is 13.3 Å². The van der Waals surface area contributed by atoms with Gasteiger partial charge in [-0.1, -0.05) is 30.3 Å². The maximum absolute atomic E-state index is 12.7. The van der Waals surface area contributed by atoms with Crippen molar-refractivity contribution in [3.63, 3.8) is 0 Å². The van der Waals surface area contributed by atoms with Crippen LogP contribution in [0.2, 0.25) is 0 Å². The molecule has 9 heteroatoms.